The van der Waals surface area contributed by atoms with Crippen molar-refractivity contribution in [1.82, 2.24) is 9.55 Å². The Bertz CT molecular complexity index is 1010. The van der Waals surface area contributed by atoms with Crippen molar-refractivity contribution in [2.45, 2.75) is 24.9 Å². The molecule has 152 valence electrons. The minimum absolute atomic E-state index is 0.0699. The fourth-order valence-electron chi connectivity index (χ4n) is 2.90. The molecule has 12 heteroatoms. The molecular formula is C16H17N2O9P-2. The lowest BCUT2D eigenvalue weighted by atomic mass is 10.1. The van der Waals surface area contributed by atoms with Crippen molar-refractivity contribution in [3.8, 4) is 16.9 Å². The molecule has 1 aliphatic rings. The Balaban J connectivity index is 1.89. The number of aliphatic hydroxyl groups excluding tert-OH is 1. The van der Waals surface area contributed by atoms with Gasteiger partial charge in [-0.1, -0.05) is 12.1 Å². The average molecular weight is 412 g/mol. The molecule has 2 N–H and O–H groups in total. The minimum Gasteiger partial charge on any atom is -0.790 e. The molecule has 11 nitrogen and oxygen atoms in total. The first kappa shape index (κ1) is 20.5. The lowest BCUT2D eigenvalue weighted by Gasteiger charge is -2.30. The highest BCUT2D eigenvalue weighted by atomic mass is 31.2. The highest BCUT2D eigenvalue weighted by Crippen LogP contribution is 2.32. The second-order valence-electron chi connectivity index (χ2n) is 6.12. The summed E-state index contributed by atoms with van der Waals surface area (Å²) in [4.78, 5) is 47.8. The van der Waals surface area contributed by atoms with E-state index in [2.05, 4.69) is 9.51 Å². The lowest BCUT2D eigenvalue weighted by molar-refractivity contribution is -0.343. The molecule has 0 unspecified atom stereocenters. The highest BCUT2D eigenvalue weighted by molar-refractivity contribution is 7.43. The highest BCUT2D eigenvalue weighted by Gasteiger charge is 2.36. The van der Waals surface area contributed by atoms with Crippen LogP contribution < -0.4 is 25.8 Å². The van der Waals surface area contributed by atoms with Crippen molar-refractivity contribution in [3.63, 3.8) is 0 Å². The Labute approximate surface area is 158 Å². The summed E-state index contributed by atoms with van der Waals surface area (Å²) in [6, 6.07) is 6.64. The number of rotatable bonds is 6. The second-order valence-corrected chi connectivity index (χ2v) is 7.27. The van der Waals surface area contributed by atoms with Crippen LogP contribution in [0.15, 0.2) is 40.1 Å². The van der Waals surface area contributed by atoms with Gasteiger partial charge in [-0.2, -0.15) is 0 Å². The van der Waals surface area contributed by atoms with E-state index in [1.165, 1.54) is 13.3 Å². The van der Waals surface area contributed by atoms with Crippen LogP contribution in [0, 0.1) is 0 Å². The van der Waals surface area contributed by atoms with Gasteiger partial charge in [-0.25, -0.2) is 4.79 Å². The van der Waals surface area contributed by atoms with Crippen LogP contribution >= 0.6 is 7.82 Å². The Hall–Kier alpha value is -2.27. The summed E-state index contributed by atoms with van der Waals surface area (Å²) in [6.45, 7) is -0.678. The smallest absolute Gasteiger partial charge is 0.330 e. The van der Waals surface area contributed by atoms with Gasteiger partial charge >= 0.3 is 5.69 Å². The maximum Gasteiger partial charge on any atom is 0.330 e. The zero-order valence-corrected chi connectivity index (χ0v) is 15.5. The maximum absolute atomic E-state index is 12.2. The number of H-pyrrole nitrogens is 1. The lowest BCUT2D eigenvalue weighted by Crippen LogP contribution is -2.33. The van der Waals surface area contributed by atoms with Crippen LogP contribution in [0.3, 0.4) is 0 Å². The quantitative estimate of drug-likeness (QED) is 0.549. The van der Waals surface area contributed by atoms with Crippen LogP contribution in [0.4, 0.5) is 0 Å². The van der Waals surface area contributed by atoms with Gasteiger partial charge in [0.1, 0.15) is 18.1 Å². The number of hydrogen-bond donors (Lipinski definition) is 2. The molecule has 1 aromatic carbocycles. The Morgan fingerprint density at radius 1 is 1.39 bits per heavy atom. The van der Waals surface area contributed by atoms with Crippen LogP contribution in [0.1, 0.15) is 12.6 Å². The summed E-state index contributed by atoms with van der Waals surface area (Å²) in [5, 5.41) is 10.0. The van der Waals surface area contributed by atoms with Crippen LogP contribution in [0.2, 0.25) is 0 Å². The SMILES string of the molecule is COc1cccc(-c2cn([C@H]3C[C@H](O)[C@@H](COP(=O)([O-])[O-])O3)c(=O)[nH]c2=O)c1. The summed E-state index contributed by atoms with van der Waals surface area (Å²) in [7, 11) is -3.75. The molecule has 0 spiro atoms. The first-order valence-electron chi connectivity index (χ1n) is 8.18. The molecule has 1 aromatic heterocycles. The number of nitrogens with one attached hydrogen (secondary N) is 1. The van der Waals surface area contributed by atoms with E-state index in [-0.39, 0.29) is 12.0 Å². The normalized spacial score (nSPS) is 22.4. The van der Waals surface area contributed by atoms with Gasteiger partial charge in [0.25, 0.3) is 5.56 Å². The van der Waals surface area contributed by atoms with E-state index in [4.69, 9.17) is 9.47 Å². The number of phosphoric ester groups is 1. The van der Waals surface area contributed by atoms with Crippen molar-refractivity contribution >= 4 is 7.82 Å². The fourth-order valence-corrected chi connectivity index (χ4v) is 3.23. The average Bonchev–Trinajstić information content (AvgIpc) is 3.00. The predicted molar refractivity (Wildman–Crippen MR) is 91.4 cm³/mol. The second kappa shape index (κ2) is 8.00. The van der Waals surface area contributed by atoms with Crippen molar-refractivity contribution in [3.05, 3.63) is 51.3 Å². The van der Waals surface area contributed by atoms with Gasteiger partial charge in [-0.15, -0.1) is 0 Å². The van der Waals surface area contributed by atoms with E-state index in [1.807, 2.05) is 0 Å². The molecular weight excluding hydrogens is 395 g/mol. The summed E-state index contributed by atoms with van der Waals surface area (Å²) in [6.07, 6.45) is -2.08. The monoisotopic (exact) mass is 412 g/mol. The molecule has 2 aromatic rings. The van der Waals surface area contributed by atoms with E-state index in [9.17, 15) is 29.0 Å². The summed E-state index contributed by atoms with van der Waals surface area (Å²) in [5.74, 6) is 0.513. The van der Waals surface area contributed by atoms with Crippen molar-refractivity contribution < 1.29 is 33.5 Å². The van der Waals surface area contributed by atoms with Gasteiger partial charge in [0.15, 0.2) is 0 Å². The number of nitrogens with zero attached hydrogens (tertiary/aromatic N) is 1. The summed E-state index contributed by atoms with van der Waals surface area (Å²) >= 11 is 0. The van der Waals surface area contributed by atoms with Crippen molar-refractivity contribution in [1.29, 1.82) is 0 Å². The molecule has 0 radical (unpaired) electrons. The minimum atomic E-state index is -5.23. The Kier molecular flexibility index (Phi) is 5.84. The van der Waals surface area contributed by atoms with E-state index >= 15 is 0 Å². The van der Waals surface area contributed by atoms with Crippen molar-refractivity contribution in [2.75, 3.05) is 13.7 Å². The predicted octanol–water partition coefficient (Wildman–Crippen LogP) is -1.29. The summed E-state index contributed by atoms with van der Waals surface area (Å²) in [5.41, 5.74) is -0.730. The third-order valence-electron chi connectivity index (χ3n) is 4.26. The van der Waals surface area contributed by atoms with Gasteiger partial charge in [0.2, 0.25) is 0 Å². The number of aromatic nitrogens is 2. The van der Waals surface area contributed by atoms with Gasteiger partial charge in [-0.3, -0.25) is 14.3 Å². The standard InChI is InChI=1S/C16H19N2O9P/c1-25-10-4-2-3-9(5-10)11-7-18(16(21)17-15(11)20)14-6-12(19)13(27-14)8-26-28(22,23)24/h2-5,7,12-14,19H,6,8H2,1H3,(H,17,20,21)(H2,22,23,24)/p-2/t12-,13+,14+/m0/s1. The number of phosphoric acid groups is 1. The van der Waals surface area contributed by atoms with Crippen LogP contribution in [-0.4, -0.2) is 40.6 Å². The van der Waals surface area contributed by atoms with E-state index < -0.39 is 44.1 Å². The maximum atomic E-state index is 12.2. The molecule has 1 aliphatic heterocycles. The Morgan fingerprint density at radius 3 is 2.82 bits per heavy atom. The third kappa shape index (κ3) is 4.58. The molecule has 2 heterocycles. The largest absolute Gasteiger partial charge is 0.790 e. The van der Waals surface area contributed by atoms with E-state index in [0.29, 0.717) is 11.3 Å². The van der Waals surface area contributed by atoms with Gasteiger partial charge < -0.3 is 33.5 Å². The molecule has 3 rings (SSSR count). The number of ether oxygens (including phenoxy) is 2. The first-order chi connectivity index (χ1) is 13.2. The molecule has 0 amide bonds. The molecule has 1 fully saturated rings. The molecule has 1 saturated heterocycles. The van der Waals surface area contributed by atoms with Gasteiger partial charge in [0, 0.05) is 12.6 Å². The zero-order chi connectivity index (χ0) is 20.5. The molecule has 0 bridgehead atoms. The number of aliphatic hydroxyl groups is 1. The Morgan fingerprint density at radius 2 is 2.14 bits per heavy atom. The topological polar surface area (TPSA) is 166 Å². The number of hydrogen-bond acceptors (Lipinski definition) is 9. The fraction of sp³-hybridized carbons (Fsp3) is 0.375. The number of benzene rings is 1. The van der Waals surface area contributed by atoms with Crippen LogP contribution in [0.25, 0.3) is 11.1 Å². The molecule has 3 atom stereocenters. The van der Waals surface area contributed by atoms with E-state index in [0.717, 1.165) is 4.57 Å². The number of aromatic amines is 1. The van der Waals surface area contributed by atoms with Crippen LogP contribution in [-0.2, 0) is 13.8 Å². The first-order valence-corrected chi connectivity index (χ1v) is 9.64. The third-order valence-corrected chi connectivity index (χ3v) is 4.73. The van der Waals surface area contributed by atoms with Crippen molar-refractivity contribution in [2.24, 2.45) is 0 Å². The number of methoxy groups -OCH3 is 1. The van der Waals surface area contributed by atoms with Gasteiger partial charge in [0.05, 0.1) is 33.2 Å². The summed E-state index contributed by atoms with van der Waals surface area (Å²) < 4.78 is 26.4. The van der Waals surface area contributed by atoms with E-state index in [1.54, 1.807) is 24.3 Å². The molecule has 28 heavy (non-hydrogen) atoms. The van der Waals surface area contributed by atoms with Crippen LogP contribution in [0.5, 0.6) is 5.75 Å². The molecule has 0 saturated carbocycles. The molecule has 0 aliphatic carbocycles. The zero-order valence-electron chi connectivity index (χ0n) is 14.6. The van der Waals surface area contributed by atoms with Gasteiger partial charge in [-0.05, 0) is 17.7 Å².